The van der Waals surface area contributed by atoms with Crippen LogP contribution in [0.1, 0.15) is 24.2 Å². The Balaban J connectivity index is 0.00000220. The first-order chi connectivity index (χ1) is 9.74. The van der Waals surface area contributed by atoms with Gasteiger partial charge in [0.25, 0.3) is 5.91 Å². The fourth-order valence-corrected chi connectivity index (χ4v) is 2.04. The number of pyridine rings is 1. The maximum Gasteiger partial charge on any atom is 0.257 e. The molecule has 5 heteroatoms. The van der Waals surface area contributed by atoms with Gasteiger partial charge in [-0.2, -0.15) is 0 Å². The van der Waals surface area contributed by atoms with Gasteiger partial charge in [0.2, 0.25) is 0 Å². The average Bonchev–Trinajstić information content (AvgIpc) is 2.51. The summed E-state index contributed by atoms with van der Waals surface area (Å²) in [5, 5.41) is 2.86. The summed E-state index contributed by atoms with van der Waals surface area (Å²) >= 11 is 0. The lowest BCUT2D eigenvalue weighted by molar-refractivity contribution is 0.102. The molecule has 0 unspecified atom stereocenters. The molecule has 21 heavy (non-hydrogen) atoms. The van der Waals surface area contributed by atoms with Gasteiger partial charge in [-0.3, -0.25) is 9.78 Å². The molecule has 1 aromatic heterocycles. The SMILES string of the molecule is CCN(CC)c1ccc(NC(=O)c2cccnc2)cc1.Cl. The molecular weight excluding hydrogens is 286 g/mol. The van der Waals surface area contributed by atoms with Crippen molar-refractivity contribution in [1.29, 1.82) is 0 Å². The number of hydrogen-bond acceptors (Lipinski definition) is 3. The second kappa shape index (κ2) is 8.27. The predicted molar refractivity (Wildman–Crippen MR) is 89.4 cm³/mol. The van der Waals surface area contributed by atoms with Crippen molar-refractivity contribution < 1.29 is 4.79 Å². The van der Waals surface area contributed by atoms with Crippen LogP contribution in [0.3, 0.4) is 0 Å². The Kier molecular flexibility index (Phi) is 6.69. The van der Waals surface area contributed by atoms with E-state index in [0.29, 0.717) is 5.56 Å². The van der Waals surface area contributed by atoms with Gasteiger partial charge in [-0.05, 0) is 50.2 Å². The van der Waals surface area contributed by atoms with Crippen LogP contribution >= 0.6 is 12.4 Å². The molecule has 2 aromatic rings. The number of amides is 1. The van der Waals surface area contributed by atoms with E-state index in [2.05, 4.69) is 29.0 Å². The van der Waals surface area contributed by atoms with E-state index in [1.165, 1.54) is 0 Å². The first-order valence-corrected chi connectivity index (χ1v) is 6.81. The van der Waals surface area contributed by atoms with Crippen LogP contribution in [-0.4, -0.2) is 24.0 Å². The fourth-order valence-electron chi connectivity index (χ4n) is 2.04. The van der Waals surface area contributed by atoms with E-state index in [1.807, 2.05) is 24.3 Å². The standard InChI is InChI=1S/C16H19N3O.ClH/c1-3-19(4-2)15-9-7-14(8-10-15)18-16(20)13-6-5-11-17-12-13;/h5-12H,3-4H2,1-2H3,(H,18,20);1H. The molecule has 0 bridgehead atoms. The Hall–Kier alpha value is -2.07. The van der Waals surface area contributed by atoms with Crippen molar-refractivity contribution in [3.8, 4) is 0 Å². The topological polar surface area (TPSA) is 45.2 Å². The number of hydrogen-bond donors (Lipinski definition) is 1. The summed E-state index contributed by atoms with van der Waals surface area (Å²) in [4.78, 5) is 18.2. The average molecular weight is 306 g/mol. The number of aromatic nitrogens is 1. The molecule has 0 fully saturated rings. The van der Waals surface area contributed by atoms with Crippen molar-refractivity contribution in [2.24, 2.45) is 0 Å². The van der Waals surface area contributed by atoms with Gasteiger partial charge in [-0.1, -0.05) is 0 Å². The number of rotatable bonds is 5. The highest BCUT2D eigenvalue weighted by Crippen LogP contribution is 2.18. The molecular formula is C16H20ClN3O. The normalized spacial score (nSPS) is 9.62. The first-order valence-electron chi connectivity index (χ1n) is 6.81. The van der Waals surface area contributed by atoms with Gasteiger partial charge in [0.05, 0.1) is 5.56 Å². The molecule has 0 spiro atoms. The number of nitrogens with zero attached hydrogens (tertiary/aromatic N) is 2. The van der Waals surface area contributed by atoms with Crippen molar-refractivity contribution >= 4 is 29.7 Å². The largest absolute Gasteiger partial charge is 0.372 e. The van der Waals surface area contributed by atoms with E-state index in [9.17, 15) is 4.79 Å². The van der Waals surface area contributed by atoms with Crippen LogP contribution in [0.15, 0.2) is 48.8 Å². The lowest BCUT2D eigenvalue weighted by Crippen LogP contribution is -2.21. The van der Waals surface area contributed by atoms with Gasteiger partial charge in [-0.15, -0.1) is 12.4 Å². The molecule has 2 rings (SSSR count). The summed E-state index contributed by atoms with van der Waals surface area (Å²) in [6.45, 7) is 6.19. The summed E-state index contributed by atoms with van der Waals surface area (Å²) in [6, 6.07) is 11.4. The van der Waals surface area contributed by atoms with Gasteiger partial charge in [0.15, 0.2) is 0 Å². The zero-order chi connectivity index (χ0) is 14.4. The van der Waals surface area contributed by atoms with Gasteiger partial charge < -0.3 is 10.2 Å². The molecule has 0 saturated carbocycles. The highest BCUT2D eigenvalue weighted by atomic mass is 35.5. The van der Waals surface area contributed by atoms with Crippen LogP contribution in [0, 0.1) is 0 Å². The molecule has 0 saturated heterocycles. The molecule has 0 aliphatic carbocycles. The second-order valence-electron chi connectivity index (χ2n) is 4.41. The minimum atomic E-state index is -0.145. The summed E-state index contributed by atoms with van der Waals surface area (Å²) in [5.74, 6) is -0.145. The Bertz CT molecular complexity index is 553. The van der Waals surface area contributed by atoms with E-state index in [-0.39, 0.29) is 18.3 Å². The maximum atomic E-state index is 12.0. The third-order valence-corrected chi connectivity index (χ3v) is 3.18. The molecule has 4 nitrogen and oxygen atoms in total. The van der Waals surface area contributed by atoms with E-state index in [0.717, 1.165) is 24.5 Å². The Morgan fingerprint density at radius 3 is 2.33 bits per heavy atom. The smallest absolute Gasteiger partial charge is 0.257 e. The zero-order valence-electron chi connectivity index (χ0n) is 12.2. The molecule has 1 N–H and O–H groups in total. The molecule has 0 atom stereocenters. The van der Waals surface area contributed by atoms with Gasteiger partial charge in [0, 0.05) is 36.9 Å². The van der Waals surface area contributed by atoms with Crippen LogP contribution in [0.5, 0.6) is 0 Å². The number of halogens is 1. The van der Waals surface area contributed by atoms with Crippen molar-refractivity contribution in [2.45, 2.75) is 13.8 Å². The van der Waals surface area contributed by atoms with Crippen molar-refractivity contribution in [2.75, 3.05) is 23.3 Å². The number of carbonyl (C=O) groups excluding carboxylic acids is 1. The first kappa shape index (κ1) is 17.0. The second-order valence-corrected chi connectivity index (χ2v) is 4.41. The van der Waals surface area contributed by atoms with Crippen LogP contribution < -0.4 is 10.2 Å². The molecule has 0 radical (unpaired) electrons. The number of carbonyl (C=O) groups is 1. The monoisotopic (exact) mass is 305 g/mol. The van der Waals surface area contributed by atoms with Gasteiger partial charge in [0.1, 0.15) is 0 Å². The predicted octanol–water partition coefficient (Wildman–Crippen LogP) is 3.60. The van der Waals surface area contributed by atoms with Crippen LogP contribution in [0.25, 0.3) is 0 Å². The minimum Gasteiger partial charge on any atom is -0.372 e. The summed E-state index contributed by atoms with van der Waals surface area (Å²) in [5.41, 5.74) is 2.50. The molecule has 1 amide bonds. The number of nitrogens with one attached hydrogen (secondary N) is 1. The molecule has 0 aliphatic rings. The van der Waals surface area contributed by atoms with E-state index in [1.54, 1.807) is 24.5 Å². The zero-order valence-corrected chi connectivity index (χ0v) is 13.1. The summed E-state index contributed by atoms with van der Waals surface area (Å²) in [6.07, 6.45) is 3.20. The lowest BCUT2D eigenvalue weighted by atomic mass is 10.2. The Morgan fingerprint density at radius 2 is 1.81 bits per heavy atom. The number of anilines is 2. The molecule has 0 aliphatic heterocycles. The Labute approximate surface area is 131 Å². The van der Waals surface area contributed by atoms with Gasteiger partial charge >= 0.3 is 0 Å². The van der Waals surface area contributed by atoms with E-state index >= 15 is 0 Å². The quantitative estimate of drug-likeness (QED) is 0.918. The molecule has 1 aromatic carbocycles. The molecule has 1 heterocycles. The lowest BCUT2D eigenvalue weighted by Gasteiger charge is -2.21. The van der Waals surface area contributed by atoms with Crippen molar-refractivity contribution in [3.63, 3.8) is 0 Å². The fraction of sp³-hybridized carbons (Fsp3) is 0.250. The minimum absolute atomic E-state index is 0. The summed E-state index contributed by atoms with van der Waals surface area (Å²) in [7, 11) is 0. The van der Waals surface area contributed by atoms with E-state index in [4.69, 9.17) is 0 Å². The summed E-state index contributed by atoms with van der Waals surface area (Å²) < 4.78 is 0. The third kappa shape index (κ3) is 4.46. The Morgan fingerprint density at radius 1 is 1.14 bits per heavy atom. The van der Waals surface area contributed by atoms with Crippen molar-refractivity contribution in [1.82, 2.24) is 4.98 Å². The maximum absolute atomic E-state index is 12.0. The van der Waals surface area contributed by atoms with Crippen LogP contribution in [0.4, 0.5) is 11.4 Å². The highest BCUT2D eigenvalue weighted by molar-refractivity contribution is 6.04. The number of benzene rings is 1. The van der Waals surface area contributed by atoms with Crippen molar-refractivity contribution in [3.05, 3.63) is 54.4 Å². The van der Waals surface area contributed by atoms with Gasteiger partial charge in [-0.25, -0.2) is 0 Å². The molecule has 112 valence electrons. The highest BCUT2D eigenvalue weighted by Gasteiger charge is 2.06. The van der Waals surface area contributed by atoms with Crippen LogP contribution in [0.2, 0.25) is 0 Å². The van der Waals surface area contributed by atoms with Crippen LogP contribution in [-0.2, 0) is 0 Å². The third-order valence-electron chi connectivity index (χ3n) is 3.18. The van der Waals surface area contributed by atoms with E-state index < -0.39 is 0 Å².